The van der Waals surface area contributed by atoms with Crippen LogP contribution in [0.2, 0.25) is 0 Å². The minimum atomic E-state index is -0.550. The van der Waals surface area contributed by atoms with Crippen molar-refractivity contribution in [1.29, 1.82) is 0 Å². The minimum absolute atomic E-state index is 0.0393. The van der Waals surface area contributed by atoms with E-state index in [9.17, 15) is 9.59 Å². The predicted molar refractivity (Wildman–Crippen MR) is 126 cm³/mol. The quantitative estimate of drug-likeness (QED) is 0.578. The number of thiophene rings is 1. The molecular weight excluding hydrogens is 406 g/mol. The van der Waals surface area contributed by atoms with E-state index in [0.717, 1.165) is 48.0 Å². The smallest absolute Gasteiger partial charge is 0.275 e. The van der Waals surface area contributed by atoms with Gasteiger partial charge in [-0.25, -0.2) is 0 Å². The van der Waals surface area contributed by atoms with Gasteiger partial charge < -0.3 is 9.88 Å². The number of aromatic nitrogens is 1. The first kappa shape index (κ1) is 20.3. The summed E-state index contributed by atoms with van der Waals surface area (Å²) >= 11 is 1.63. The number of carbonyl (C=O) groups is 2. The van der Waals surface area contributed by atoms with Crippen LogP contribution in [0.1, 0.15) is 61.5 Å². The number of hydrogen-bond donors (Lipinski definition) is 1. The molecule has 31 heavy (non-hydrogen) atoms. The van der Waals surface area contributed by atoms with Crippen LogP contribution in [-0.4, -0.2) is 28.5 Å². The third kappa shape index (κ3) is 3.78. The van der Waals surface area contributed by atoms with Crippen molar-refractivity contribution in [2.45, 2.75) is 70.5 Å². The van der Waals surface area contributed by atoms with Crippen molar-refractivity contribution in [3.05, 3.63) is 53.0 Å². The molecule has 162 valence electrons. The van der Waals surface area contributed by atoms with Gasteiger partial charge in [0.15, 0.2) is 0 Å². The third-order valence-corrected chi connectivity index (χ3v) is 7.61. The fraction of sp³-hybridized carbons (Fsp3) is 0.440. The highest BCUT2D eigenvalue weighted by atomic mass is 32.1. The van der Waals surface area contributed by atoms with Crippen molar-refractivity contribution in [3.8, 4) is 0 Å². The highest BCUT2D eigenvalue weighted by Crippen LogP contribution is 2.33. The molecule has 5 rings (SSSR count). The first-order valence-corrected chi connectivity index (χ1v) is 12.3. The van der Waals surface area contributed by atoms with Crippen LogP contribution in [0.3, 0.4) is 0 Å². The topological polar surface area (TPSA) is 54.3 Å². The summed E-state index contributed by atoms with van der Waals surface area (Å²) in [5.74, 6) is -0.137. The van der Waals surface area contributed by atoms with Crippen molar-refractivity contribution >= 4 is 39.1 Å². The number of benzene rings is 1. The molecule has 1 aliphatic carbocycles. The number of carbonyl (C=O) groups excluding carboxylic acids is 2. The fourth-order valence-corrected chi connectivity index (χ4v) is 5.80. The Morgan fingerprint density at radius 2 is 1.84 bits per heavy atom. The zero-order valence-electron chi connectivity index (χ0n) is 18.0. The fourth-order valence-electron chi connectivity index (χ4n) is 4.98. The first-order valence-electron chi connectivity index (χ1n) is 11.5. The van der Waals surface area contributed by atoms with Gasteiger partial charge in [-0.05, 0) is 54.5 Å². The normalized spacial score (nSPS) is 20.0. The van der Waals surface area contributed by atoms with E-state index in [-0.39, 0.29) is 17.9 Å². The summed E-state index contributed by atoms with van der Waals surface area (Å²) in [5.41, 5.74) is 3.72. The zero-order chi connectivity index (χ0) is 21.4. The zero-order valence-corrected chi connectivity index (χ0v) is 18.8. The number of nitrogens with zero attached hydrogens (tertiary/aromatic N) is 2. The van der Waals surface area contributed by atoms with Crippen molar-refractivity contribution in [1.82, 2.24) is 9.88 Å². The van der Waals surface area contributed by atoms with E-state index in [2.05, 4.69) is 24.4 Å². The minimum Gasteiger partial charge on any atom is -0.352 e. The molecule has 0 bridgehead atoms. The number of fused-ring (bicyclic) bond motifs is 3. The van der Waals surface area contributed by atoms with Crippen molar-refractivity contribution in [2.24, 2.45) is 0 Å². The lowest BCUT2D eigenvalue weighted by Gasteiger charge is -2.36. The monoisotopic (exact) mass is 435 g/mol. The molecule has 3 heterocycles. The number of rotatable bonds is 4. The molecule has 1 aliphatic heterocycles. The van der Waals surface area contributed by atoms with E-state index in [4.69, 9.17) is 0 Å². The van der Waals surface area contributed by atoms with E-state index in [1.165, 1.54) is 18.4 Å². The Labute approximate surface area is 187 Å². The van der Waals surface area contributed by atoms with Crippen LogP contribution in [0.15, 0.2) is 41.8 Å². The summed E-state index contributed by atoms with van der Waals surface area (Å²) < 4.78 is 3.12. The lowest BCUT2D eigenvalue weighted by molar-refractivity contribution is -0.123. The molecule has 6 heteroatoms. The van der Waals surface area contributed by atoms with Crippen LogP contribution < -0.4 is 10.2 Å². The summed E-state index contributed by atoms with van der Waals surface area (Å²) in [4.78, 5) is 28.9. The molecule has 1 atom stereocenters. The average molecular weight is 436 g/mol. The van der Waals surface area contributed by atoms with Gasteiger partial charge >= 0.3 is 0 Å². The number of hydrogen-bond acceptors (Lipinski definition) is 3. The van der Waals surface area contributed by atoms with Crippen LogP contribution >= 0.6 is 11.3 Å². The Bertz CT molecular complexity index is 1090. The largest absolute Gasteiger partial charge is 0.352 e. The van der Waals surface area contributed by atoms with Crippen molar-refractivity contribution in [3.63, 3.8) is 0 Å². The van der Waals surface area contributed by atoms with Gasteiger partial charge in [0.1, 0.15) is 11.7 Å². The van der Waals surface area contributed by atoms with Crippen LogP contribution in [0.4, 0.5) is 5.69 Å². The molecule has 3 aromatic rings. The van der Waals surface area contributed by atoms with Gasteiger partial charge in [-0.15, -0.1) is 11.3 Å². The maximum absolute atomic E-state index is 13.6. The second-order valence-corrected chi connectivity index (χ2v) is 9.67. The molecule has 2 aliphatic rings. The van der Waals surface area contributed by atoms with Gasteiger partial charge in [0.2, 0.25) is 5.91 Å². The van der Waals surface area contributed by atoms with Crippen LogP contribution in [0.25, 0.3) is 10.2 Å². The van der Waals surface area contributed by atoms with Gasteiger partial charge in [-0.2, -0.15) is 0 Å². The van der Waals surface area contributed by atoms with Gasteiger partial charge in [0.25, 0.3) is 5.91 Å². The summed E-state index contributed by atoms with van der Waals surface area (Å²) in [6.45, 7) is 2.60. The van der Waals surface area contributed by atoms with Gasteiger partial charge in [-0.1, -0.05) is 44.7 Å². The highest BCUT2D eigenvalue weighted by molar-refractivity contribution is 7.17. The van der Waals surface area contributed by atoms with E-state index >= 15 is 0 Å². The second kappa shape index (κ2) is 8.50. The molecule has 0 saturated heterocycles. The molecule has 0 radical (unpaired) electrons. The number of amides is 2. The van der Waals surface area contributed by atoms with E-state index in [0.29, 0.717) is 12.2 Å². The van der Waals surface area contributed by atoms with E-state index in [1.54, 1.807) is 16.2 Å². The highest BCUT2D eigenvalue weighted by Gasteiger charge is 2.39. The molecule has 2 amide bonds. The molecule has 1 fully saturated rings. The maximum Gasteiger partial charge on any atom is 0.275 e. The molecular formula is C25H29N3O2S. The number of aryl methyl sites for hydroxylation is 1. The summed E-state index contributed by atoms with van der Waals surface area (Å²) in [5, 5.41) is 5.33. The standard InChI is InChI=1S/C25H29N3O2S/c1-2-17-9-11-19(12-10-17)28-22(24(29)26-18-7-5-3-4-6-8-18)16-27-20-13-14-31-23(20)15-21(27)25(28)30/h9-15,18,22H,2-8,16H2,1H3,(H,26,29). The molecule has 5 nitrogen and oxygen atoms in total. The Kier molecular flexibility index (Phi) is 5.57. The number of nitrogens with one attached hydrogen (secondary N) is 1. The Morgan fingerprint density at radius 3 is 2.55 bits per heavy atom. The Balaban J connectivity index is 1.50. The van der Waals surface area contributed by atoms with Gasteiger partial charge in [0.05, 0.1) is 16.8 Å². The summed E-state index contributed by atoms with van der Waals surface area (Å²) in [6, 6.07) is 11.7. The Hall–Kier alpha value is -2.60. The second-order valence-electron chi connectivity index (χ2n) is 8.72. The van der Waals surface area contributed by atoms with Crippen LogP contribution in [0, 0.1) is 0 Å². The van der Waals surface area contributed by atoms with Crippen LogP contribution in [0.5, 0.6) is 0 Å². The molecule has 1 unspecified atom stereocenters. The first-order chi connectivity index (χ1) is 15.2. The molecule has 1 saturated carbocycles. The SMILES string of the molecule is CCc1ccc(N2C(=O)c3cc4sccc4n3CC2C(=O)NC2CCCCCC2)cc1. The van der Waals surface area contributed by atoms with Gasteiger partial charge in [-0.3, -0.25) is 14.5 Å². The number of anilines is 1. The van der Waals surface area contributed by atoms with Gasteiger partial charge in [0, 0.05) is 11.7 Å². The average Bonchev–Trinajstić information content (AvgIpc) is 3.28. The summed E-state index contributed by atoms with van der Waals surface area (Å²) in [7, 11) is 0. The predicted octanol–water partition coefficient (Wildman–Crippen LogP) is 5.13. The molecule has 1 N–H and O–H groups in total. The van der Waals surface area contributed by atoms with Crippen molar-refractivity contribution in [2.75, 3.05) is 4.90 Å². The lowest BCUT2D eigenvalue weighted by atomic mass is 10.0. The summed E-state index contributed by atoms with van der Waals surface area (Å²) in [6.07, 6.45) is 7.81. The van der Waals surface area contributed by atoms with E-state index < -0.39 is 6.04 Å². The maximum atomic E-state index is 13.6. The van der Waals surface area contributed by atoms with Crippen molar-refractivity contribution < 1.29 is 9.59 Å². The van der Waals surface area contributed by atoms with E-state index in [1.807, 2.05) is 34.2 Å². The molecule has 2 aromatic heterocycles. The third-order valence-electron chi connectivity index (χ3n) is 6.75. The van der Waals surface area contributed by atoms with Crippen LogP contribution in [-0.2, 0) is 17.8 Å². The molecule has 0 spiro atoms. The Morgan fingerprint density at radius 1 is 1.10 bits per heavy atom. The molecule has 1 aromatic carbocycles. The lowest BCUT2D eigenvalue weighted by Crippen LogP contribution is -2.57.